The Balaban J connectivity index is 0.00000144. The van der Waals surface area contributed by atoms with E-state index in [1.165, 1.54) is 6.20 Å². The summed E-state index contributed by atoms with van der Waals surface area (Å²) in [4.78, 5) is 10.8. The van der Waals surface area contributed by atoms with Gasteiger partial charge in [0.1, 0.15) is 0 Å². The third-order valence-corrected chi connectivity index (χ3v) is 1.52. The summed E-state index contributed by atoms with van der Waals surface area (Å²) in [5.74, 6) is -0.510. The smallest absolute Gasteiger partial charge is 0.250 e. The molecular formula is C9H11ClN2O. The number of carbonyl (C=O) groups is 1. The van der Waals surface area contributed by atoms with E-state index in [-0.39, 0.29) is 12.4 Å². The Morgan fingerprint density at radius 1 is 1.23 bits per heavy atom. The minimum absolute atomic E-state index is 0. The zero-order valence-electron chi connectivity index (χ0n) is 6.94. The van der Waals surface area contributed by atoms with Crippen LogP contribution < -0.4 is 11.5 Å². The van der Waals surface area contributed by atoms with Crippen molar-refractivity contribution in [1.29, 1.82) is 0 Å². The average molecular weight is 199 g/mol. The molecule has 13 heavy (non-hydrogen) atoms. The van der Waals surface area contributed by atoms with Crippen LogP contribution in [0.5, 0.6) is 0 Å². The lowest BCUT2D eigenvalue weighted by Crippen LogP contribution is -2.14. The summed E-state index contributed by atoms with van der Waals surface area (Å²) in [6.45, 7) is 0. The first-order chi connectivity index (χ1) is 5.75. The van der Waals surface area contributed by atoms with Crippen molar-refractivity contribution in [2.75, 3.05) is 0 Å². The number of halogens is 1. The molecule has 1 aromatic rings. The van der Waals surface area contributed by atoms with Crippen LogP contribution in [0.15, 0.2) is 36.5 Å². The van der Waals surface area contributed by atoms with Crippen molar-refractivity contribution < 1.29 is 4.79 Å². The van der Waals surface area contributed by atoms with Crippen LogP contribution in [-0.4, -0.2) is 5.91 Å². The second-order valence-electron chi connectivity index (χ2n) is 2.31. The molecule has 0 aliphatic heterocycles. The van der Waals surface area contributed by atoms with Crippen molar-refractivity contribution >= 4 is 23.9 Å². The number of primary amides is 1. The molecule has 1 aromatic carbocycles. The lowest BCUT2D eigenvalue weighted by Gasteiger charge is -2.00. The summed E-state index contributed by atoms with van der Waals surface area (Å²) in [7, 11) is 0. The molecule has 0 aliphatic carbocycles. The average Bonchev–Trinajstić information content (AvgIpc) is 2.07. The minimum atomic E-state index is -0.510. The molecule has 0 spiro atoms. The maximum absolute atomic E-state index is 10.8. The molecular weight excluding hydrogens is 188 g/mol. The highest BCUT2D eigenvalue weighted by molar-refractivity contribution is 6.18. The van der Waals surface area contributed by atoms with E-state index in [1.54, 1.807) is 12.1 Å². The van der Waals surface area contributed by atoms with Gasteiger partial charge in [0.25, 0.3) is 5.91 Å². The first kappa shape index (κ1) is 11.5. The Kier molecular flexibility index (Phi) is 4.62. The standard InChI is InChI=1S/C9H10N2O.ClH/c10-6-8(9(11)12)7-4-2-1-3-5-7;/h1-6H,10H2,(H2,11,12);1H. The van der Waals surface area contributed by atoms with Crippen molar-refractivity contribution in [2.24, 2.45) is 11.5 Å². The van der Waals surface area contributed by atoms with Gasteiger partial charge in [-0.25, -0.2) is 0 Å². The normalized spacial score (nSPS) is 10.3. The Bertz CT molecular complexity index is 309. The van der Waals surface area contributed by atoms with Crippen molar-refractivity contribution in [3.8, 4) is 0 Å². The number of hydrogen-bond donors (Lipinski definition) is 2. The predicted octanol–water partition coefficient (Wildman–Crippen LogP) is 0.893. The summed E-state index contributed by atoms with van der Waals surface area (Å²) in [6.07, 6.45) is 1.22. The number of amides is 1. The van der Waals surface area contributed by atoms with Crippen molar-refractivity contribution in [3.05, 3.63) is 42.1 Å². The number of carbonyl (C=O) groups excluding carboxylic acids is 1. The second-order valence-corrected chi connectivity index (χ2v) is 2.31. The van der Waals surface area contributed by atoms with Gasteiger partial charge in [-0.2, -0.15) is 0 Å². The molecule has 0 unspecified atom stereocenters. The number of nitrogens with two attached hydrogens (primary N) is 2. The second kappa shape index (κ2) is 5.22. The SMILES string of the molecule is Cl.NC=C(C(N)=O)c1ccccc1. The van der Waals surface area contributed by atoms with E-state index >= 15 is 0 Å². The van der Waals surface area contributed by atoms with Gasteiger partial charge < -0.3 is 11.5 Å². The van der Waals surface area contributed by atoms with Crippen LogP contribution >= 0.6 is 12.4 Å². The summed E-state index contributed by atoms with van der Waals surface area (Å²) >= 11 is 0. The summed E-state index contributed by atoms with van der Waals surface area (Å²) in [5.41, 5.74) is 11.4. The minimum Gasteiger partial charge on any atom is -0.404 e. The largest absolute Gasteiger partial charge is 0.404 e. The zero-order chi connectivity index (χ0) is 8.97. The molecule has 3 nitrogen and oxygen atoms in total. The first-order valence-electron chi connectivity index (χ1n) is 3.53. The van der Waals surface area contributed by atoms with Crippen LogP contribution in [0.1, 0.15) is 5.56 Å². The van der Waals surface area contributed by atoms with Gasteiger partial charge >= 0.3 is 0 Å². The highest BCUT2D eigenvalue weighted by Gasteiger charge is 2.05. The van der Waals surface area contributed by atoms with Gasteiger partial charge in [-0.1, -0.05) is 30.3 Å². The molecule has 1 rings (SSSR count). The Labute approximate surface area is 82.8 Å². The van der Waals surface area contributed by atoms with Crippen LogP contribution in [0.25, 0.3) is 5.57 Å². The molecule has 0 fully saturated rings. The predicted molar refractivity (Wildman–Crippen MR) is 55.0 cm³/mol. The van der Waals surface area contributed by atoms with Crippen molar-refractivity contribution in [1.82, 2.24) is 0 Å². The molecule has 0 radical (unpaired) electrons. The summed E-state index contributed by atoms with van der Waals surface area (Å²) < 4.78 is 0. The zero-order valence-corrected chi connectivity index (χ0v) is 7.75. The Morgan fingerprint density at radius 3 is 2.15 bits per heavy atom. The van der Waals surface area contributed by atoms with Crippen LogP contribution in [0.4, 0.5) is 0 Å². The molecule has 0 aromatic heterocycles. The fourth-order valence-electron chi connectivity index (χ4n) is 0.938. The Hall–Kier alpha value is -1.48. The van der Waals surface area contributed by atoms with E-state index in [2.05, 4.69) is 0 Å². The van der Waals surface area contributed by atoms with Crippen molar-refractivity contribution in [3.63, 3.8) is 0 Å². The number of benzene rings is 1. The van der Waals surface area contributed by atoms with Crippen LogP contribution in [0.3, 0.4) is 0 Å². The van der Waals surface area contributed by atoms with Crippen LogP contribution in [-0.2, 0) is 4.79 Å². The summed E-state index contributed by atoms with van der Waals surface area (Å²) in [5, 5.41) is 0. The fraction of sp³-hybridized carbons (Fsp3) is 0. The van der Waals surface area contributed by atoms with Gasteiger partial charge in [0, 0.05) is 6.20 Å². The lowest BCUT2D eigenvalue weighted by molar-refractivity contribution is -0.112. The molecule has 0 bridgehead atoms. The monoisotopic (exact) mass is 198 g/mol. The third kappa shape index (κ3) is 2.80. The van der Waals surface area contributed by atoms with Gasteiger partial charge in [-0.3, -0.25) is 4.79 Å². The number of rotatable bonds is 2. The molecule has 0 saturated heterocycles. The van der Waals surface area contributed by atoms with E-state index in [4.69, 9.17) is 11.5 Å². The Morgan fingerprint density at radius 2 is 1.77 bits per heavy atom. The molecule has 4 heteroatoms. The van der Waals surface area contributed by atoms with Crippen LogP contribution in [0, 0.1) is 0 Å². The van der Waals surface area contributed by atoms with E-state index in [1.807, 2.05) is 18.2 Å². The van der Waals surface area contributed by atoms with Gasteiger partial charge in [-0.15, -0.1) is 12.4 Å². The molecule has 0 saturated carbocycles. The maximum Gasteiger partial charge on any atom is 0.250 e. The van der Waals surface area contributed by atoms with Crippen LogP contribution in [0.2, 0.25) is 0 Å². The summed E-state index contributed by atoms with van der Waals surface area (Å²) in [6, 6.07) is 9.06. The van der Waals surface area contributed by atoms with Gasteiger partial charge in [0.2, 0.25) is 0 Å². The van der Waals surface area contributed by atoms with Crippen molar-refractivity contribution in [2.45, 2.75) is 0 Å². The molecule has 0 aliphatic rings. The molecule has 0 atom stereocenters. The molecule has 0 heterocycles. The topological polar surface area (TPSA) is 69.1 Å². The van der Waals surface area contributed by atoms with Gasteiger partial charge in [-0.05, 0) is 5.56 Å². The molecule has 70 valence electrons. The maximum atomic E-state index is 10.8. The van der Waals surface area contributed by atoms with E-state index in [0.717, 1.165) is 5.56 Å². The molecule has 4 N–H and O–H groups in total. The van der Waals surface area contributed by atoms with Gasteiger partial charge in [0.15, 0.2) is 0 Å². The number of hydrogen-bond acceptors (Lipinski definition) is 2. The highest BCUT2D eigenvalue weighted by Crippen LogP contribution is 2.11. The van der Waals surface area contributed by atoms with E-state index in [0.29, 0.717) is 5.57 Å². The molecule has 1 amide bonds. The fourth-order valence-corrected chi connectivity index (χ4v) is 0.938. The first-order valence-corrected chi connectivity index (χ1v) is 3.53. The highest BCUT2D eigenvalue weighted by atomic mass is 35.5. The lowest BCUT2D eigenvalue weighted by atomic mass is 10.1. The van der Waals surface area contributed by atoms with E-state index < -0.39 is 5.91 Å². The quantitative estimate of drug-likeness (QED) is 0.694. The van der Waals surface area contributed by atoms with Gasteiger partial charge in [0.05, 0.1) is 5.57 Å². The van der Waals surface area contributed by atoms with E-state index in [9.17, 15) is 4.79 Å². The third-order valence-electron chi connectivity index (χ3n) is 1.52.